The van der Waals surface area contributed by atoms with Gasteiger partial charge in [0.05, 0.1) is 0 Å². The van der Waals surface area contributed by atoms with Gasteiger partial charge in [-0.25, -0.2) is 0 Å². The highest BCUT2D eigenvalue weighted by Crippen LogP contribution is 2.44. The van der Waals surface area contributed by atoms with Gasteiger partial charge in [-0.1, -0.05) is 145 Å². The van der Waals surface area contributed by atoms with Gasteiger partial charge >= 0.3 is 0 Å². The van der Waals surface area contributed by atoms with Gasteiger partial charge in [-0.15, -0.1) is 11.3 Å². The van der Waals surface area contributed by atoms with Gasteiger partial charge in [-0.2, -0.15) is 0 Å². The molecule has 0 aliphatic carbocycles. The molecule has 9 aromatic rings. The van der Waals surface area contributed by atoms with E-state index in [0.717, 1.165) is 11.4 Å². The molecule has 250 valence electrons. The Balaban J connectivity index is 1.11. The number of rotatable bonds is 4. The third-order valence-electron chi connectivity index (χ3n) is 10.8. The van der Waals surface area contributed by atoms with Crippen molar-refractivity contribution in [1.82, 2.24) is 0 Å². The van der Waals surface area contributed by atoms with Crippen molar-refractivity contribution in [3.8, 4) is 11.1 Å². The second-order valence-electron chi connectivity index (χ2n) is 13.6. The van der Waals surface area contributed by atoms with E-state index in [2.05, 4.69) is 193 Å². The third-order valence-corrected chi connectivity index (χ3v) is 20.0. The van der Waals surface area contributed by atoms with Crippen LogP contribution in [0.4, 0.5) is 17.1 Å². The minimum Gasteiger partial charge on any atom is -0.311 e. The molecular formula is C48H31NS3Si. The standard InChI is InChI=1S/C48H31NS3Si/c1-2-13-33(14-3-1)49(34-27-25-32(26-28-34)36-16-12-17-38-37-15-4-5-18-39(37)52-48(36)38)35-29-30-43-47(31-35)53(46-24-11-8-21-42(46)51-43)44-22-9-6-19-40(44)50-41-20-7-10-23-45(41)53/h1-31H. The Kier molecular flexibility index (Phi) is 7.31. The molecule has 0 N–H and O–H groups in total. The van der Waals surface area contributed by atoms with Gasteiger partial charge in [0.25, 0.3) is 0 Å². The molecule has 0 saturated heterocycles. The molecule has 1 nitrogen and oxygen atoms in total. The summed E-state index contributed by atoms with van der Waals surface area (Å²) in [6, 6.07) is 70.3. The number of anilines is 3. The summed E-state index contributed by atoms with van der Waals surface area (Å²) in [4.78, 5) is 7.92. The maximum absolute atomic E-state index is 2.69. The summed E-state index contributed by atoms with van der Waals surface area (Å²) in [5.41, 5.74) is 5.98. The van der Waals surface area contributed by atoms with Crippen LogP contribution in [0.3, 0.4) is 0 Å². The Morgan fingerprint density at radius 1 is 0.377 bits per heavy atom. The summed E-state index contributed by atoms with van der Waals surface area (Å²) < 4.78 is 2.67. The van der Waals surface area contributed by atoms with E-state index in [1.165, 1.54) is 77.3 Å². The highest BCUT2D eigenvalue weighted by atomic mass is 32.2. The summed E-state index contributed by atoms with van der Waals surface area (Å²) in [5, 5.41) is 8.59. The second-order valence-corrected chi connectivity index (χ2v) is 20.5. The van der Waals surface area contributed by atoms with Crippen molar-refractivity contribution in [2.24, 2.45) is 0 Å². The molecule has 1 aromatic heterocycles. The van der Waals surface area contributed by atoms with E-state index in [9.17, 15) is 0 Å². The molecule has 2 aliphatic heterocycles. The smallest absolute Gasteiger partial charge is 0.184 e. The van der Waals surface area contributed by atoms with Crippen LogP contribution in [0, 0.1) is 0 Å². The Bertz CT molecular complexity index is 2760. The van der Waals surface area contributed by atoms with Crippen LogP contribution in [-0.4, -0.2) is 8.07 Å². The second kappa shape index (κ2) is 12.4. The lowest BCUT2D eigenvalue weighted by molar-refractivity contribution is 1.27. The number of hydrogen-bond acceptors (Lipinski definition) is 4. The van der Waals surface area contributed by atoms with Crippen LogP contribution in [-0.2, 0) is 0 Å². The molecule has 8 aromatic carbocycles. The van der Waals surface area contributed by atoms with Crippen LogP contribution in [0.5, 0.6) is 0 Å². The van der Waals surface area contributed by atoms with Crippen molar-refractivity contribution in [2.45, 2.75) is 19.6 Å². The van der Waals surface area contributed by atoms with E-state index in [4.69, 9.17) is 0 Å². The molecule has 1 spiro atoms. The molecular weight excluding hydrogens is 715 g/mol. The Morgan fingerprint density at radius 3 is 1.58 bits per heavy atom. The lowest BCUT2D eigenvalue weighted by Crippen LogP contribution is -2.78. The molecule has 0 bridgehead atoms. The van der Waals surface area contributed by atoms with E-state index in [1.54, 1.807) is 0 Å². The zero-order valence-electron chi connectivity index (χ0n) is 28.6. The fraction of sp³-hybridized carbons (Fsp3) is 0. The molecule has 53 heavy (non-hydrogen) atoms. The van der Waals surface area contributed by atoms with E-state index in [-0.39, 0.29) is 0 Å². The number of hydrogen-bond donors (Lipinski definition) is 0. The van der Waals surface area contributed by atoms with Crippen LogP contribution in [0.2, 0.25) is 0 Å². The van der Waals surface area contributed by atoms with Gasteiger partial charge in [0, 0.05) is 56.8 Å². The van der Waals surface area contributed by atoms with Crippen LogP contribution in [0.25, 0.3) is 31.3 Å². The lowest BCUT2D eigenvalue weighted by atomic mass is 10.0. The number of thiophene rings is 1. The van der Waals surface area contributed by atoms with Gasteiger partial charge in [0.2, 0.25) is 0 Å². The maximum Gasteiger partial charge on any atom is 0.184 e. The summed E-state index contributed by atoms with van der Waals surface area (Å²) in [7, 11) is -2.69. The molecule has 0 saturated carbocycles. The molecule has 0 amide bonds. The first-order valence-electron chi connectivity index (χ1n) is 17.9. The fourth-order valence-corrected chi connectivity index (χ4v) is 18.9. The van der Waals surface area contributed by atoms with Gasteiger partial charge in [0.15, 0.2) is 8.07 Å². The molecule has 0 radical (unpaired) electrons. The number of nitrogens with zero attached hydrogens (tertiary/aromatic N) is 1. The van der Waals surface area contributed by atoms with Crippen LogP contribution < -0.4 is 25.6 Å². The number of para-hydroxylation sites is 1. The fourth-order valence-electron chi connectivity index (χ4n) is 8.53. The Labute approximate surface area is 322 Å². The Morgan fingerprint density at radius 2 is 0.906 bits per heavy atom. The molecule has 0 atom stereocenters. The molecule has 2 aliphatic rings. The topological polar surface area (TPSA) is 3.24 Å². The summed E-state index contributed by atoms with van der Waals surface area (Å²) in [6.45, 7) is 0. The quantitative estimate of drug-likeness (QED) is 0.165. The molecule has 0 fully saturated rings. The summed E-state index contributed by atoms with van der Waals surface area (Å²) in [5.74, 6) is 0. The maximum atomic E-state index is 2.53. The normalized spacial score (nSPS) is 13.7. The van der Waals surface area contributed by atoms with Gasteiger partial charge in [-0.05, 0) is 98.6 Å². The molecule has 11 rings (SSSR count). The zero-order chi connectivity index (χ0) is 34.9. The van der Waals surface area contributed by atoms with Crippen molar-refractivity contribution in [2.75, 3.05) is 4.90 Å². The van der Waals surface area contributed by atoms with Gasteiger partial charge < -0.3 is 4.90 Å². The largest absolute Gasteiger partial charge is 0.311 e. The average molecular weight is 746 g/mol. The van der Waals surface area contributed by atoms with Crippen molar-refractivity contribution in [3.05, 3.63) is 188 Å². The molecule has 5 heteroatoms. The van der Waals surface area contributed by atoms with Crippen molar-refractivity contribution in [3.63, 3.8) is 0 Å². The number of benzene rings is 8. The van der Waals surface area contributed by atoms with Crippen LogP contribution in [0.1, 0.15) is 0 Å². The van der Waals surface area contributed by atoms with Crippen LogP contribution in [0.15, 0.2) is 208 Å². The van der Waals surface area contributed by atoms with Crippen LogP contribution >= 0.6 is 34.9 Å². The Hall–Kier alpha value is -5.30. The zero-order valence-corrected chi connectivity index (χ0v) is 32.0. The minimum absolute atomic E-state index is 1.14. The predicted molar refractivity (Wildman–Crippen MR) is 231 cm³/mol. The first kappa shape index (κ1) is 31.2. The van der Waals surface area contributed by atoms with E-state index >= 15 is 0 Å². The van der Waals surface area contributed by atoms with E-state index < -0.39 is 8.07 Å². The van der Waals surface area contributed by atoms with Gasteiger partial charge in [0.1, 0.15) is 0 Å². The lowest BCUT2D eigenvalue weighted by Gasteiger charge is -2.44. The highest BCUT2D eigenvalue weighted by molar-refractivity contribution is 8.01. The van der Waals surface area contributed by atoms with Crippen molar-refractivity contribution >= 4 is 101 Å². The molecule has 0 unspecified atom stereocenters. The minimum atomic E-state index is -2.69. The summed E-state index contributed by atoms with van der Waals surface area (Å²) >= 11 is 5.73. The third kappa shape index (κ3) is 4.78. The van der Waals surface area contributed by atoms with Crippen molar-refractivity contribution in [1.29, 1.82) is 0 Å². The SMILES string of the molecule is c1ccc(N(c2ccc(-c3cccc4c3sc3ccccc34)cc2)c2ccc3c(c2)[Si]2(c4ccccc4Sc4ccccc42)c2ccccc2S3)cc1. The predicted octanol–water partition coefficient (Wildman–Crippen LogP) is 11.5. The highest BCUT2D eigenvalue weighted by Gasteiger charge is 2.51. The number of fused-ring (bicyclic) bond motifs is 11. The summed E-state index contributed by atoms with van der Waals surface area (Å²) in [6.07, 6.45) is 0. The van der Waals surface area contributed by atoms with E-state index in [0.29, 0.717) is 0 Å². The van der Waals surface area contributed by atoms with Crippen molar-refractivity contribution < 1.29 is 0 Å². The first-order chi connectivity index (χ1) is 26.3. The molecule has 3 heterocycles. The van der Waals surface area contributed by atoms with E-state index in [1.807, 2.05) is 34.9 Å². The monoisotopic (exact) mass is 745 g/mol. The van der Waals surface area contributed by atoms with Gasteiger partial charge in [-0.3, -0.25) is 0 Å². The average Bonchev–Trinajstić information content (AvgIpc) is 3.61. The first-order valence-corrected chi connectivity index (χ1v) is 22.4.